The van der Waals surface area contributed by atoms with Gasteiger partial charge in [-0.05, 0) is 39.0 Å². The maximum absolute atomic E-state index is 13.0. The van der Waals surface area contributed by atoms with Crippen molar-refractivity contribution < 1.29 is 38.4 Å². The number of hydrogen-bond donors (Lipinski definition) is 1. The SMILES string of the molecule is CC1=CC2OC3CC4OC(=O)C=CC=CC(C)OCCC(C)C(O)C(=O)OC[C@@]2(CC1)[C@]4(C)C31CO1. The summed E-state index contributed by atoms with van der Waals surface area (Å²) in [6, 6.07) is 0. The van der Waals surface area contributed by atoms with Crippen LogP contribution in [-0.4, -0.2) is 73.0 Å². The maximum Gasteiger partial charge on any atom is 0.335 e. The minimum Gasteiger partial charge on any atom is -0.463 e. The van der Waals surface area contributed by atoms with Gasteiger partial charge in [-0.15, -0.1) is 0 Å². The number of cyclic esters (lactones) is 1. The van der Waals surface area contributed by atoms with E-state index in [4.69, 9.17) is 23.7 Å². The minimum atomic E-state index is -1.26. The van der Waals surface area contributed by atoms with E-state index in [1.165, 1.54) is 11.6 Å². The van der Waals surface area contributed by atoms with E-state index >= 15 is 0 Å². The van der Waals surface area contributed by atoms with E-state index in [1.807, 2.05) is 19.9 Å². The van der Waals surface area contributed by atoms with Gasteiger partial charge >= 0.3 is 11.9 Å². The number of carbonyl (C=O) groups excluding carboxylic acids is 2. The molecular formula is C28H38O8. The monoisotopic (exact) mass is 502 g/mol. The first-order valence-corrected chi connectivity index (χ1v) is 13.1. The molecule has 0 radical (unpaired) electrons. The van der Waals surface area contributed by atoms with E-state index in [-0.39, 0.29) is 30.8 Å². The molecule has 0 aromatic heterocycles. The van der Waals surface area contributed by atoms with Gasteiger partial charge in [0.1, 0.15) is 18.3 Å². The zero-order chi connectivity index (χ0) is 25.7. The van der Waals surface area contributed by atoms with Crippen LogP contribution in [0.25, 0.3) is 0 Å². The van der Waals surface area contributed by atoms with Crippen LogP contribution in [0.15, 0.2) is 36.0 Å². The van der Waals surface area contributed by atoms with Gasteiger partial charge in [-0.3, -0.25) is 0 Å². The highest BCUT2D eigenvalue weighted by molar-refractivity contribution is 5.82. The molecule has 2 aliphatic carbocycles. The summed E-state index contributed by atoms with van der Waals surface area (Å²) in [5.74, 6) is -1.41. The Labute approximate surface area is 212 Å². The molecule has 3 fully saturated rings. The second kappa shape index (κ2) is 9.39. The van der Waals surface area contributed by atoms with Gasteiger partial charge < -0.3 is 28.8 Å². The topological polar surface area (TPSA) is 104 Å². The summed E-state index contributed by atoms with van der Waals surface area (Å²) in [5.41, 5.74) is -0.649. The molecule has 9 atom stereocenters. The van der Waals surface area contributed by atoms with Crippen LogP contribution in [0.4, 0.5) is 0 Å². The van der Waals surface area contributed by atoms with E-state index in [0.29, 0.717) is 32.5 Å². The number of hydrogen-bond acceptors (Lipinski definition) is 8. The van der Waals surface area contributed by atoms with Crippen molar-refractivity contribution >= 4 is 11.9 Å². The lowest BCUT2D eigenvalue weighted by molar-refractivity contribution is -0.234. The Hall–Kier alpha value is -2.00. The van der Waals surface area contributed by atoms with Gasteiger partial charge in [0, 0.05) is 24.5 Å². The third-order valence-electron chi connectivity index (χ3n) is 9.41. The van der Waals surface area contributed by atoms with Gasteiger partial charge in [0.15, 0.2) is 6.10 Å². The number of rotatable bonds is 0. The summed E-state index contributed by atoms with van der Waals surface area (Å²) in [4.78, 5) is 25.9. The first-order valence-electron chi connectivity index (χ1n) is 13.1. The van der Waals surface area contributed by atoms with Crippen molar-refractivity contribution in [2.75, 3.05) is 19.8 Å². The predicted octanol–water partition coefficient (Wildman–Crippen LogP) is 3.03. The van der Waals surface area contributed by atoms with Crippen LogP contribution in [-0.2, 0) is 33.3 Å². The molecular weight excluding hydrogens is 464 g/mol. The van der Waals surface area contributed by atoms with Crippen molar-refractivity contribution in [2.45, 2.75) is 89.5 Å². The third kappa shape index (κ3) is 3.97. The predicted molar refractivity (Wildman–Crippen MR) is 130 cm³/mol. The Kier molecular flexibility index (Phi) is 6.69. The number of aliphatic hydroxyl groups excluding tert-OH is 1. The Morgan fingerprint density at radius 2 is 1.89 bits per heavy atom. The molecule has 2 saturated heterocycles. The van der Waals surface area contributed by atoms with Crippen molar-refractivity contribution in [3.8, 4) is 0 Å². The molecule has 0 amide bonds. The zero-order valence-electron chi connectivity index (χ0n) is 21.6. The molecule has 3 heterocycles. The summed E-state index contributed by atoms with van der Waals surface area (Å²) < 4.78 is 30.4. The molecule has 0 aromatic rings. The first-order chi connectivity index (χ1) is 17.1. The van der Waals surface area contributed by atoms with Gasteiger partial charge in [-0.2, -0.15) is 0 Å². The van der Waals surface area contributed by atoms with Gasteiger partial charge in [0.25, 0.3) is 0 Å². The quantitative estimate of drug-likeness (QED) is 0.306. The second-order valence-electron chi connectivity index (χ2n) is 11.4. The minimum absolute atomic E-state index is 0.0541. The molecule has 0 aromatic carbocycles. The smallest absolute Gasteiger partial charge is 0.335 e. The summed E-state index contributed by atoms with van der Waals surface area (Å²) in [6.45, 7) is 8.85. The van der Waals surface area contributed by atoms with Crippen LogP contribution in [0.2, 0.25) is 0 Å². The molecule has 3 aliphatic heterocycles. The lowest BCUT2D eigenvalue weighted by Gasteiger charge is -2.58. The van der Waals surface area contributed by atoms with E-state index in [0.717, 1.165) is 6.42 Å². The molecule has 8 heteroatoms. The van der Waals surface area contributed by atoms with E-state index in [9.17, 15) is 14.7 Å². The molecule has 1 saturated carbocycles. The number of esters is 2. The molecule has 36 heavy (non-hydrogen) atoms. The summed E-state index contributed by atoms with van der Waals surface area (Å²) in [7, 11) is 0. The molecule has 5 aliphatic rings. The van der Waals surface area contributed by atoms with Crippen molar-refractivity contribution in [3.63, 3.8) is 0 Å². The number of ether oxygens (including phenoxy) is 5. The summed E-state index contributed by atoms with van der Waals surface area (Å²) in [5, 5.41) is 10.7. The Morgan fingerprint density at radius 1 is 1.11 bits per heavy atom. The van der Waals surface area contributed by atoms with Gasteiger partial charge in [0.05, 0.1) is 30.3 Å². The Bertz CT molecular complexity index is 980. The van der Waals surface area contributed by atoms with E-state index in [1.54, 1.807) is 12.2 Å². The van der Waals surface area contributed by atoms with Crippen molar-refractivity contribution in [3.05, 3.63) is 36.0 Å². The third-order valence-corrected chi connectivity index (χ3v) is 9.41. The zero-order valence-corrected chi connectivity index (χ0v) is 21.6. The average Bonchev–Trinajstić information content (AvgIpc) is 3.62. The van der Waals surface area contributed by atoms with Gasteiger partial charge in [0.2, 0.25) is 0 Å². The van der Waals surface area contributed by atoms with Crippen LogP contribution in [0.5, 0.6) is 0 Å². The van der Waals surface area contributed by atoms with Gasteiger partial charge in [-0.1, -0.05) is 43.7 Å². The standard InChI is InChI=1S/C28H38O8/c1-17-9-11-27-15-33-25(31)24(30)18(2)10-12-32-19(3)7-5-6-8-23(29)36-20-14-22(35-21(27)13-17)28(16-34-28)26(20,27)4/h5-8,13,18-22,24,30H,9-12,14-16H2,1-4H3/t18?,19?,20?,21?,22?,24?,26-,27-,28?/m1/s1. The highest BCUT2D eigenvalue weighted by Crippen LogP contribution is 2.72. The van der Waals surface area contributed by atoms with Crippen molar-refractivity contribution in [2.24, 2.45) is 16.7 Å². The van der Waals surface area contributed by atoms with Crippen LogP contribution >= 0.6 is 0 Å². The number of allylic oxidation sites excluding steroid dienone is 3. The van der Waals surface area contributed by atoms with Gasteiger partial charge in [-0.25, -0.2) is 9.59 Å². The number of epoxide rings is 1. The summed E-state index contributed by atoms with van der Waals surface area (Å²) >= 11 is 0. The summed E-state index contributed by atoms with van der Waals surface area (Å²) in [6.07, 6.45) is 8.93. The van der Waals surface area contributed by atoms with Crippen LogP contribution < -0.4 is 0 Å². The molecule has 2 bridgehead atoms. The molecule has 198 valence electrons. The molecule has 8 nitrogen and oxygen atoms in total. The number of aliphatic hydroxyl groups is 1. The van der Waals surface area contributed by atoms with Crippen LogP contribution in [0.3, 0.4) is 0 Å². The fraction of sp³-hybridized carbons (Fsp3) is 0.714. The molecule has 1 N–H and O–H groups in total. The Balaban J connectivity index is 1.52. The normalized spacial score (nSPS) is 47.3. The average molecular weight is 503 g/mol. The van der Waals surface area contributed by atoms with Crippen LogP contribution in [0, 0.1) is 16.7 Å². The largest absolute Gasteiger partial charge is 0.463 e. The van der Waals surface area contributed by atoms with Crippen LogP contribution in [0.1, 0.15) is 53.4 Å². The van der Waals surface area contributed by atoms with Crippen molar-refractivity contribution in [1.29, 1.82) is 0 Å². The highest BCUT2D eigenvalue weighted by Gasteiger charge is 2.83. The fourth-order valence-electron chi connectivity index (χ4n) is 6.84. The molecule has 2 spiro atoms. The number of carbonyl (C=O) groups is 2. The lowest BCUT2D eigenvalue weighted by Crippen LogP contribution is -2.66. The second-order valence-corrected chi connectivity index (χ2v) is 11.4. The maximum atomic E-state index is 13.0. The van der Waals surface area contributed by atoms with E-state index in [2.05, 4.69) is 19.9 Å². The Morgan fingerprint density at radius 3 is 2.64 bits per heavy atom. The molecule has 5 rings (SSSR count). The fourth-order valence-corrected chi connectivity index (χ4v) is 6.84. The van der Waals surface area contributed by atoms with Crippen molar-refractivity contribution in [1.82, 2.24) is 0 Å². The first kappa shape index (κ1) is 25.6. The highest BCUT2D eigenvalue weighted by atomic mass is 16.6. The van der Waals surface area contributed by atoms with E-state index < -0.39 is 40.6 Å². The lowest BCUT2D eigenvalue weighted by atomic mass is 9.51. The molecule has 7 unspecified atom stereocenters.